The Morgan fingerprint density at radius 1 is 1.22 bits per heavy atom. The third kappa shape index (κ3) is 1.59. The molecule has 92 valence electrons. The molecule has 0 spiro atoms. The van der Waals surface area contributed by atoms with Crippen molar-refractivity contribution in [2.24, 2.45) is 5.73 Å². The highest BCUT2D eigenvalue weighted by molar-refractivity contribution is 9.10. The molecule has 3 rings (SSSR count). The second kappa shape index (κ2) is 4.26. The number of fused-ring (bicyclic) bond motifs is 3. The Labute approximate surface area is 111 Å². The molecular weight excluding hydrogens is 294 g/mol. The maximum atomic E-state index is 11.8. The van der Waals surface area contributed by atoms with Crippen molar-refractivity contribution in [1.29, 1.82) is 0 Å². The number of halogens is 1. The smallest absolute Gasteiger partial charge is 0.255 e. The monoisotopic (exact) mass is 305 g/mol. The molecule has 0 saturated heterocycles. The van der Waals surface area contributed by atoms with Crippen molar-refractivity contribution in [3.63, 3.8) is 0 Å². The third-order valence-corrected chi connectivity index (χ3v) is 3.84. The van der Waals surface area contributed by atoms with Crippen LogP contribution in [0.2, 0.25) is 0 Å². The lowest BCUT2D eigenvalue weighted by molar-refractivity contribution is 0.970. The lowest BCUT2D eigenvalue weighted by atomic mass is 10.0. The number of hydrogen-bond acceptors (Lipinski definition) is 2. The van der Waals surface area contributed by atoms with Crippen molar-refractivity contribution < 1.29 is 0 Å². The topological polar surface area (TPSA) is 74.7 Å². The number of benzene rings is 1. The molecule has 2 heterocycles. The van der Waals surface area contributed by atoms with E-state index in [0.29, 0.717) is 11.9 Å². The Hall–Kier alpha value is -1.59. The van der Waals surface area contributed by atoms with Gasteiger partial charge in [0.2, 0.25) is 0 Å². The van der Waals surface area contributed by atoms with Crippen molar-refractivity contribution in [3.05, 3.63) is 44.9 Å². The zero-order chi connectivity index (χ0) is 12.7. The SMILES string of the molecule is NCCc1c(Br)[nH]c2ccc3c(=O)[nH]ccc3c12. The Kier molecular flexibility index (Phi) is 2.72. The molecule has 0 unspecified atom stereocenters. The third-order valence-electron chi connectivity index (χ3n) is 3.16. The van der Waals surface area contributed by atoms with E-state index in [1.165, 1.54) is 0 Å². The first-order chi connectivity index (χ1) is 8.72. The van der Waals surface area contributed by atoms with Crippen molar-refractivity contribution in [3.8, 4) is 0 Å². The highest BCUT2D eigenvalue weighted by Crippen LogP contribution is 2.31. The van der Waals surface area contributed by atoms with Crippen molar-refractivity contribution >= 4 is 37.6 Å². The average Bonchev–Trinajstić information content (AvgIpc) is 2.67. The Bertz CT molecular complexity index is 788. The number of nitrogens with one attached hydrogen (secondary N) is 2. The van der Waals surface area contributed by atoms with E-state index in [9.17, 15) is 4.79 Å². The van der Waals surface area contributed by atoms with Crippen LogP contribution >= 0.6 is 15.9 Å². The molecule has 0 bridgehead atoms. The average molecular weight is 306 g/mol. The van der Waals surface area contributed by atoms with E-state index in [1.54, 1.807) is 6.20 Å². The number of aromatic amines is 2. The van der Waals surface area contributed by atoms with Crippen LogP contribution in [0.5, 0.6) is 0 Å². The maximum absolute atomic E-state index is 11.8. The first-order valence-corrected chi connectivity index (χ1v) is 6.52. The maximum Gasteiger partial charge on any atom is 0.255 e. The van der Waals surface area contributed by atoms with Crippen LogP contribution in [0.15, 0.2) is 33.8 Å². The van der Waals surface area contributed by atoms with E-state index in [0.717, 1.165) is 32.9 Å². The molecule has 4 nitrogen and oxygen atoms in total. The fourth-order valence-corrected chi connectivity index (χ4v) is 2.99. The van der Waals surface area contributed by atoms with Crippen molar-refractivity contribution in [2.45, 2.75) is 6.42 Å². The van der Waals surface area contributed by atoms with E-state index < -0.39 is 0 Å². The summed E-state index contributed by atoms with van der Waals surface area (Å²) in [5, 5.41) is 2.74. The normalized spacial score (nSPS) is 11.4. The van der Waals surface area contributed by atoms with Gasteiger partial charge < -0.3 is 15.7 Å². The second-order valence-electron chi connectivity index (χ2n) is 4.21. The summed E-state index contributed by atoms with van der Waals surface area (Å²) >= 11 is 3.52. The van der Waals surface area contributed by atoms with E-state index in [4.69, 9.17) is 5.73 Å². The molecule has 0 atom stereocenters. The molecule has 4 N–H and O–H groups in total. The highest BCUT2D eigenvalue weighted by atomic mass is 79.9. The van der Waals surface area contributed by atoms with Gasteiger partial charge in [-0.05, 0) is 58.0 Å². The Morgan fingerprint density at radius 2 is 2.06 bits per heavy atom. The fourth-order valence-electron chi connectivity index (χ4n) is 2.38. The van der Waals surface area contributed by atoms with E-state index >= 15 is 0 Å². The molecule has 0 aliphatic carbocycles. The van der Waals surface area contributed by atoms with Gasteiger partial charge in [-0.3, -0.25) is 4.79 Å². The van der Waals surface area contributed by atoms with Crippen LogP contribution in [0.1, 0.15) is 5.56 Å². The van der Waals surface area contributed by atoms with Crippen LogP contribution in [-0.4, -0.2) is 16.5 Å². The standard InChI is InChI=1S/C13H12BrN3O/c14-12-9(3-5-15)11-7-4-6-16-13(18)8(7)1-2-10(11)17-12/h1-2,4,6,17H,3,5,15H2,(H,16,18). The second-order valence-corrected chi connectivity index (χ2v) is 5.01. The summed E-state index contributed by atoms with van der Waals surface area (Å²) < 4.78 is 0.940. The van der Waals surface area contributed by atoms with Gasteiger partial charge in [0.15, 0.2) is 0 Å². The van der Waals surface area contributed by atoms with E-state index in [-0.39, 0.29) is 5.56 Å². The summed E-state index contributed by atoms with van der Waals surface area (Å²) in [6.45, 7) is 0.575. The number of nitrogens with two attached hydrogens (primary N) is 1. The molecule has 0 aliphatic heterocycles. The minimum Gasteiger partial charge on any atom is -0.349 e. The number of pyridine rings is 1. The predicted octanol–water partition coefficient (Wildman–Crippen LogP) is 2.27. The summed E-state index contributed by atoms with van der Waals surface area (Å²) in [6, 6.07) is 5.70. The van der Waals surface area contributed by atoms with Gasteiger partial charge in [0.1, 0.15) is 0 Å². The number of hydrogen-bond donors (Lipinski definition) is 3. The summed E-state index contributed by atoms with van der Waals surface area (Å²) in [5.74, 6) is 0. The van der Waals surface area contributed by atoms with Crippen LogP contribution in [0.3, 0.4) is 0 Å². The van der Waals surface area contributed by atoms with Gasteiger partial charge in [-0.2, -0.15) is 0 Å². The predicted molar refractivity (Wildman–Crippen MR) is 76.9 cm³/mol. The summed E-state index contributed by atoms with van der Waals surface area (Å²) in [6.07, 6.45) is 2.45. The van der Waals surface area contributed by atoms with Gasteiger partial charge in [0.25, 0.3) is 5.56 Å². The summed E-state index contributed by atoms with van der Waals surface area (Å²) in [5.41, 5.74) is 7.73. The van der Waals surface area contributed by atoms with Crippen LogP contribution in [-0.2, 0) is 6.42 Å². The minimum atomic E-state index is -0.0644. The molecule has 0 radical (unpaired) electrons. The quantitative estimate of drug-likeness (QED) is 0.679. The zero-order valence-electron chi connectivity index (χ0n) is 9.59. The molecular formula is C13H12BrN3O. The molecule has 0 aliphatic rings. The van der Waals surface area contributed by atoms with Gasteiger partial charge in [0.05, 0.1) is 4.60 Å². The first-order valence-electron chi connectivity index (χ1n) is 5.73. The lowest BCUT2D eigenvalue weighted by Gasteiger charge is -2.02. The molecule has 3 aromatic rings. The number of H-pyrrole nitrogens is 2. The molecule has 2 aromatic heterocycles. The van der Waals surface area contributed by atoms with Gasteiger partial charge in [0, 0.05) is 22.5 Å². The lowest BCUT2D eigenvalue weighted by Crippen LogP contribution is -2.05. The van der Waals surface area contributed by atoms with E-state index in [2.05, 4.69) is 25.9 Å². The minimum absolute atomic E-state index is 0.0644. The van der Waals surface area contributed by atoms with Gasteiger partial charge >= 0.3 is 0 Å². The molecule has 0 saturated carbocycles. The van der Waals surface area contributed by atoms with Gasteiger partial charge in [-0.15, -0.1) is 0 Å². The van der Waals surface area contributed by atoms with E-state index in [1.807, 2.05) is 18.2 Å². The first kappa shape index (κ1) is 11.5. The largest absolute Gasteiger partial charge is 0.349 e. The molecule has 1 aromatic carbocycles. The summed E-state index contributed by atoms with van der Waals surface area (Å²) in [7, 11) is 0. The molecule has 18 heavy (non-hydrogen) atoms. The van der Waals surface area contributed by atoms with Crippen molar-refractivity contribution in [1.82, 2.24) is 9.97 Å². The zero-order valence-corrected chi connectivity index (χ0v) is 11.2. The van der Waals surface area contributed by atoms with Gasteiger partial charge in [-0.25, -0.2) is 0 Å². The summed E-state index contributed by atoms with van der Waals surface area (Å²) in [4.78, 5) is 17.8. The highest BCUT2D eigenvalue weighted by Gasteiger charge is 2.12. The van der Waals surface area contributed by atoms with Gasteiger partial charge in [-0.1, -0.05) is 0 Å². The van der Waals surface area contributed by atoms with Crippen LogP contribution in [0.25, 0.3) is 21.7 Å². The molecule has 5 heteroatoms. The van der Waals surface area contributed by atoms with Crippen molar-refractivity contribution in [2.75, 3.05) is 6.54 Å². The van der Waals surface area contributed by atoms with Crippen LogP contribution in [0.4, 0.5) is 0 Å². The Balaban J connectivity index is 2.52. The van der Waals surface area contributed by atoms with Crippen LogP contribution in [0, 0.1) is 0 Å². The molecule has 0 fully saturated rings. The van der Waals surface area contributed by atoms with Crippen LogP contribution < -0.4 is 11.3 Å². The number of rotatable bonds is 2. The fraction of sp³-hybridized carbons (Fsp3) is 0.154. The molecule has 0 amide bonds. The Morgan fingerprint density at radius 3 is 2.83 bits per heavy atom. The number of aromatic nitrogens is 2.